The Hall–Kier alpha value is -0.450. The number of rotatable bonds is 1. The zero-order chi connectivity index (χ0) is 7.94. The minimum absolute atomic E-state index is 0. The van der Waals surface area contributed by atoms with Crippen LogP contribution in [0.4, 0.5) is 13.2 Å². The van der Waals surface area contributed by atoms with Crippen molar-refractivity contribution in [2.75, 3.05) is 0 Å². The molecule has 3 N–H and O–H groups in total. The van der Waals surface area contributed by atoms with Crippen LogP contribution in [0.15, 0.2) is 0 Å². The molecule has 0 aromatic carbocycles. The zero-order valence-electron chi connectivity index (χ0n) is 5.48. The van der Waals surface area contributed by atoms with Gasteiger partial charge in [-0.05, 0) is 6.42 Å². The number of halogens is 4. The first-order valence-electron chi connectivity index (χ1n) is 2.83. The van der Waals surface area contributed by atoms with E-state index in [-0.39, 0.29) is 24.7 Å². The Bertz CT molecular complexity index is 168. The summed E-state index contributed by atoms with van der Waals surface area (Å²) < 4.78 is 35.1. The molecule has 0 heterocycles. The van der Waals surface area contributed by atoms with Crippen LogP contribution in [0, 0.1) is 17.2 Å². The van der Waals surface area contributed by atoms with Crippen molar-refractivity contribution in [3.63, 3.8) is 0 Å². The lowest BCUT2D eigenvalue weighted by molar-refractivity contribution is -0.149. The SMILES string of the molecule is Cl.N=C(N)C1CC1C(F)(F)F. The van der Waals surface area contributed by atoms with Crippen LogP contribution in [0.25, 0.3) is 0 Å². The molecule has 0 aromatic rings. The maximum absolute atomic E-state index is 11.7. The molecular weight excluding hydrogens is 181 g/mol. The van der Waals surface area contributed by atoms with E-state index in [4.69, 9.17) is 11.1 Å². The Balaban J connectivity index is 0.000001000. The summed E-state index contributed by atoms with van der Waals surface area (Å²) in [6.45, 7) is 0. The van der Waals surface area contributed by atoms with E-state index in [0.29, 0.717) is 0 Å². The molecule has 0 aliphatic heterocycles. The van der Waals surface area contributed by atoms with Crippen molar-refractivity contribution in [2.24, 2.45) is 17.6 Å². The predicted molar refractivity (Wildman–Crippen MR) is 36.8 cm³/mol. The molecule has 2 unspecified atom stereocenters. The highest BCUT2D eigenvalue weighted by Gasteiger charge is 2.56. The Labute approximate surface area is 67.9 Å². The predicted octanol–water partition coefficient (Wildman–Crippen LogP) is 1.54. The Morgan fingerprint density at radius 2 is 1.91 bits per heavy atom. The largest absolute Gasteiger partial charge is 0.392 e. The summed E-state index contributed by atoms with van der Waals surface area (Å²) in [5.74, 6) is -2.42. The quantitative estimate of drug-likeness (QED) is 0.476. The van der Waals surface area contributed by atoms with Gasteiger partial charge in [0.15, 0.2) is 0 Å². The van der Waals surface area contributed by atoms with E-state index >= 15 is 0 Å². The van der Waals surface area contributed by atoms with Crippen molar-refractivity contribution in [2.45, 2.75) is 12.6 Å². The summed E-state index contributed by atoms with van der Waals surface area (Å²) in [6, 6.07) is 0. The van der Waals surface area contributed by atoms with Crippen LogP contribution in [0.3, 0.4) is 0 Å². The molecule has 2 nitrogen and oxygen atoms in total. The fourth-order valence-electron chi connectivity index (χ4n) is 0.900. The number of hydrogen-bond donors (Lipinski definition) is 2. The highest BCUT2D eigenvalue weighted by Crippen LogP contribution is 2.49. The lowest BCUT2D eigenvalue weighted by Gasteiger charge is -2.02. The molecular formula is C5H8ClF3N2. The van der Waals surface area contributed by atoms with Gasteiger partial charge in [0.25, 0.3) is 0 Å². The molecule has 0 bridgehead atoms. The van der Waals surface area contributed by atoms with Gasteiger partial charge in [-0.2, -0.15) is 13.2 Å². The average molecular weight is 189 g/mol. The van der Waals surface area contributed by atoms with Crippen LogP contribution in [0.2, 0.25) is 0 Å². The molecule has 0 saturated heterocycles. The second kappa shape index (κ2) is 2.89. The average Bonchev–Trinajstić information content (AvgIpc) is 2.35. The van der Waals surface area contributed by atoms with Gasteiger partial charge in [0.1, 0.15) is 0 Å². The number of alkyl halides is 3. The Morgan fingerprint density at radius 3 is 2.00 bits per heavy atom. The van der Waals surface area contributed by atoms with E-state index in [0.717, 1.165) is 0 Å². The van der Waals surface area contributed by atoms with Gasteiger partial charge in [-0.15, -0.1) is 12.4 Å². The van der Waals surface area contributed by atoms with E-state index in [2.05, 4.69) is 0 Å². The number of amidine groups is 1. The van der Waals surface area contributed by atoms with Crippen LogP contribution in [-0.2, 0) is 0 Å². The first-order chi connectivity index (χ1) is 4.43. The monoisotopic (exact) mass is 188 g/mol. The van der Waals surface area contributed by atoms with Gasteiger partial charge in [0, 0.05) is 5.92 Å². The van der Waals surface area contributed by atoms with Gasteiger partial charge in [-0.1, -0.05) is 0 Å². The Kier molecular flexibility index (Phi) is 2.77. The third-order valence-corrected chi connectivity index (χ3v) is 1.61. The molecule has 0 amide bonds. The number of hydrogen-bond acceptors (Lipinski definition) is 1. The van der Waals surface area contributed by atoms with E-state index in [9.17, 15) is 13.2 Å². The third kappa shape index (κ3) is 2.25. The lowest BCUT2D eigenvalue weighted by Crippen LogP contribution is -2.19. The fourth-order valence-corrected chi connectivity index (χ4v) is 0.900. The minimum atomic E-state index is -4.16. The zero-order valence-corrected chi connectivity index (χ0v) is 6.30. The van der Waals surface area contributed by atoms with Gasteiger partial charge in [-0.25, -0.2) is 0 Å². The molecule has 1 aliphatic rings. The molecule has 1 rings (SSSR count). The summed E-state index contributed by atoms with van der Waals surface area (Å²) in [6.07, 6.45) is -4.16. The summed E-state index contributed by atoms with van der Waals surface area (Å²) >= 11 is 0. The number of nitrogens with one attached hydrogen (secondary N) is 1. The van der Waals surface area contributed by atoms with Crippen molar-refractivity contribution in [1.82, 2.24) is 0 Å². The first-order valence-corrected chi connectivity index (χ1v) is 2.83. The third-order valence-electron chi connectivity index (χ3n) is 1.61. The summed E-state index contributed by atoms with van der Waals surface area (Å²) in [5, 5.41) is 6.70. The maximum Gasteiger partial charge on any atom is 0.392 e. The second-order valence-corrected chi connectivity index (χ2v) is 2.45. The normalized spacial score (nSPS) is 29.0. The van der Waals surface area contributed by atoms with E-state index in [1.807, 2.05) is 0 Å². The molecule has 1 fully saturated rings. The van der Waals surface area contributed by atoms with E-state index in [1.54, 1.807) is 0 Å². The first kappa shape index (κ1) is 10.6. The molecule has 1 aliphatic carbocycles. The maximum atomic E-state index is 11.7. The van der Waals surface area contributed by atoms with Crippen molar-refractivity contribution < 1.29 is 13.2 Å². The van der Waals surface area contributed by atoms with Crippen molar-refractivity contribution in [3.05, 3.63) is 0 Å². The molecule has 2 atom stereocenters. The summed E-state index contributed by atoms with van der Waals surface area (Å²) in [4.78, 5) is 0. The van der Waals surface area contributed by atoms with E-state index < -0.39 is 18.0 Å². The van der Waals surface area contributed by atoms with Gasteiger partial charge in [-0.3, -0.25) is 5.41 Å². The topological polar surface area (TPSA) is 49.9 Å². The molecule has 6 heteroatoms. The van der Waals surface area contributed by atoms with Gasteiger partial charge < -0.3 is 5.73 Å². The minimum Gasteiger partial charge on any atom is -0.387 e. The fraction of sp³-hybridized carbons (Fsp3) is 0.800. The number of nitrogens with two attached hydrogens (primary N) is 1. The van der Waals surface area contributed by atoms with Crippen molar-refractivity contribution >= 4 is 18.2 Å². The summed E-state index contributed by atoms with van der Waals surface area (Å²) in [5.41, 5.74) is 4.87. The van der Waals surface area contributed by atoms with Crippen LogP contribution < -0.4 is 5.73 Å². The van der Waals surface area contributed by atoms with Gasteiger partial charge >= 0.3 is 6.18 Å². The van der Waals surface area contributed by atoms with Gasteiger partial charge in [0.2, 0.25) is 0 Å². The van der Waals surface area contributed by atoms with Crippen LogP contribution in [0.1, 0.15) is 6.42 Å². The van der Waals surface area contributed by atoms with Gasteiger partial charge in [0.05, 0.1) is 11.8 Å². The van der Waals surface area contributed by atoms with Crippen molar-refractivity contribution in [3.8, 4) is 0 Å². The van der Waals surface area contributed by atoms with Crippen LogP contribution in [0.5, 0.6) is 0 Å². The molecule has 0 radical (unpaired) electrons. The highest BCUT2D eigenvalue weighted by atomic mass is 35.5. The van der Waals surface area contributed by atoms with E-state index in [1.165, 1.54) is 0 Å². The second-order valence-electron chi connectivity index (χ2n) is 2.45. The Morgan fingerprint density at radius 1 is 1.45 bits per heavy atom. The van der Waals surface area contributed by atoms with Crippen LogP contribution >= 0.6 is 12.4 Å². The smallest absolute Gasteiger partial charge is 0.387 e. The molecule has 1 saturated carbocycles. The highest BCUT2D eigenvalue weighted by molar-refractivity contribution is 5.85. The van der Waals surface area contributed by atoms with Crippen molar-refractivity contribution in [1.29, 1.82) is 5.41 Å². The summed E-state index contributed by atoms with van der Waals surface area (Å²) in [7, 11) is 0. The standard InChI is InChI=1S/C5H7F3N2.ClH/c6-5(7,8)3-1-2(3)4(9)10;/h2-3H,1H2,(H3,9,10);1H. The van der Waals surface area contributed by atoms with Crippen LogP contribution in [-0.4, -0.2) is 12.0 Å². The lowest BCUT2D eigenvalue weighted by atomic mass is 10.3. The molecule has 0 aromatic heterocycles. The molecule has 11 heavy (non-hydrogen) atoms. The molecule has 66 valence electrons. The molecule has 0 spiro atoms.